The molecule has 0 bridgehead atoms. The number of piperidine rings is 1. The Labute approximate surface area is 249 Å². The number of hydrogen-bond acceptors (Lipinski definition) is 5. The standard InChI is InChI=1S/C30H34Cl2FN6O2/c1-4-19(16-38(3)22-9-11-39(12-10-22)30(40)26(35)14-21-15-36-17-37-21)20-5-8-25(34)27(13-20)41-18(2)28-23(31)6-7-24(33)29(28)32/h4-8,13,15-18,22,26H,1,3,9-12,14,34-35H2,2H3,(H,36,37)/q+1. The number of likely N-dealkylation sites (tertiary alicyclic amines) is 1. The Balaban J connectivity index is 1.42. The summed E-state index contributed by atoms with van der Waals surface area (Å²) >= 11 is 12.4. The number of nitrogens with two attached hydrogens (primary N) is 2. The van der Waals surface area contributed by atoms with E-state index in [-0.39, 0.29) is 17.0 Å². The summed E-state index contributed by atoms with van der Waals surface area (Å²) in [7, 11) is 0. The molecule has 11 heteroatoms. The van der Waals surface area contributed by atoms with Gasteiger partial charge in [-0.3, -0.25) is 4.79 Å². The monoisotopic (exact) mass is 599 g/mol. The number of imidazole rings is 1. The summed E-state index contributed by atoms with van der Waals surface area (Å²) < 4.78 is 22.0. The molecule has 2 heterocycles. The molecule has 1 aliphatic rings. The molecule has 1 saturated heterocycles. The topological polar surface area (TPSA) is 113 Å². The van der Waals surface area contributed by atoms with Crippen molar-refractivity contribution in [3.8, 4) is 5.75 Å². The van der Waals surface area contributed by atoms with E-state index >= 15 is 0 Å². The van der Waals surface area contributed by atoms with Gasteiger partial charge in [-0.25, -0.2) is 13.9 Å². The van der Waals surface area contributed by atoms with Crippen LogP contribution in [0.25, 0.3) is 5.57 Å². The lowest BCUT2D eigenvalue weighted by molar-refractivity contribution is -0.495. The maximum Gasteiger partial charge on any atom is 0.239 e. The Morgan fingerprint density at radius 2 is 2.05 bits per heavy atom. The molecule has 0 spiro atoms. The van der Waals surface area contributed by atoms with Crippen molar-refractivity contribution in [3.63, 3.8) is 0 Å². The summed E-state index contributed by atoms with van der Waals surface area (Å²) in [6, 6.07) is 7.53. The van der Waals surface area contributed by atoms with Gasteiger partial charge in [0.2, 0.25) is 5.91 Å². The van der Waals surface area contributed by atoms with Crippen molar-refractivity contribution in [1.82, 2.24) is 14.9 Å². The molecule has 0 radical (unpaired) electrons. The summed E-state index contributed by atoms with van der Waals surface area (Å²) in [5.41, 5.74) is 15.5. The maximum absolute atomic E-state index is 14.1. The van der Waals surface area contributed by atoms with E-state index in [0.29, 0.717) is 41.5 Å². The van der Waals surface area contributed by atoms with E-state index in [1.54, 1.807) is 37.7 Å². The highest BCUT2D eigenvalue weighted by Gasteiger charge is 2.30. The average molecular weight is 601 g/mol. The van der Waals surface area contributed by atoms with Gasteiger partial charge < -0.3 is 26.1 Å². The molecule has 8 nitrogen and oxygen atoms in total. The van der Waals surface area contributed by atoms with Crippen LogP contribution >= 0.6 is 23.2 Å². The Morgan fingerprint density at radius 1 is 1.32 bits per heavy atom. The van der Waals surface area contributed by atoms with Crippen LogP contribution in [-0.4, -0.2) is 57.2 Å². The van der Waals surface area contributed by atoms with Crippen LogP contribution in [0.5, 0.6) is 5.75 Å². The van der Waals surface area contributed by atoms with E-state index in [1.165, 1.54) is 12.1 Å². The number of aromatic amines is 1. The predicted octanol–water partition coefficient (Wildman–Crippen LogP) is 5.38. The fraction of sp³-hybridized carbons (Fsp3) is 0.300. The quantitative estimate of drug-likeness (QED) is 0.0952. The molecule has 0 aliphatic carbocycles. The van der Waals surface area contributed by atoms with E-state index in [9.17, 15) is 9.18 Å². The van der Waals surface area contributed by atoms with Gasteiger partial charge >= 0.3 is 0 Å². The number of rotatable bonds is 10. The molecule has 2 atom stereocenters. The van der Waals surface area contributed by atoms with Crippen molar-refractivity contribution < 1.29 is 18.5 Å². The number of carbonyl (C=O) groups excluding carboxylic acids is 1. The molecule has 216 valence electrons. The number of nitrogen functional groups attached to an aromatic ring is 1. The first kappa shape index (κ1) is 30.3. The van der Waals surface area contributed by atoms with Gasteiger partial charge in [-0.2, -0.15) is 0 Å². The molecule has 2 unspecified atom stereocenters. The molecule has 1 fully saturated rings. The van der Waals surface area contributed by atoms with Gasteiger partial charge in [-0.15, -0.1) is 0 Å². The molecule has 1 aromatic heterocycles. The number of carbonyl (C=O) groups is 1. The first-order chi connectivity index (χ1) is 19.6. The number of allylic oxidation sites excluding steroid dienone is 2. The highest BCUT2D eigenvalue weighted by atomic mass is 35.5. The van der Waals surface area contributed by atoms with E-state index in [1.807, 2.05) is 21.7 Å². The number of nitrogens with zero attached hydrogens (tertiary/aromatic N) is 3. The number of anilines is 1. The van der Waals surface area contributed by atoms with Crippen LogP contribution in [0.1, 0.15) is 42.7 Å². The van der Waals surface area contributed by atoms with Gasteiger partial charge in [0.25, 0.3) is 0 Å². The number of aromatic nitrogens is 2. The summed E-state index contributed by atoms with van der Waals surface area (Å²) in [5.74, 6) is -0.253. The average Bonchev–Trinajstić information content (AvgIpc) is 3.47. The van der Waals surface area contributed by atoms with Gasteiger partial charge in [-0.1, -0.05) is 41.9 Å². The Bertz CT molecular complexity index is 1450. The highest BCUT2D eigenvalue weighted by molar-refractivity contribution is 6.36. The van der Waals surface area contributed by atoms with Gasteiger partial charge in [0.05, 0.1) is 23.1 Å². The maximum atomic E-state index is 14.1. The first-order valence-electron chi connectivity index (χ1n) is 13.2. The number of halogens is 3. The number of H-pyrrole nitrogens is 1. The highest BCUT2D eigenvalue weighted by Crippen LogP contribution is 2.37. The molecular formula is C30H34Cl2FN6O2+. The SMILES string of the molecule is C=CC(=C[N+](=C)C1CCN(C(=O)C(N)Cc2cnc[nH]2)CC1)c1ccc(N)c(OC(C)c2c(Cl)ccc(F)c2Cl)c1. The first-order valence-corrected chi connectivity index (χ1v) is 14.0. The lowest BCUT2D eigenvalue weighted by Gasteiger charge is -2.31. The third-order valence-corrected chi connectivity index (χ3v) is 7.93. The largest absolute Gasteiger partial charge is 0.484 e. The third-order valence-electron chi connectivity index (χ3n) is 7.22. The van der Waals surface area contributed by atoms with Crippen LogP contribution in [-0.2, 0) is 11.2 Å². The number of nitrogens with one attached hydrogen (secondary N) is 1. The van der Waals surface area contributed by atoms with Crippen LogP contribution in [0.2, 0.25) is 10.0 Å². The van der Waals surface area contributed by atoms with Gasteiger partial charge in [0, 0.05) is 60.4 Å². The van der Waals surface area contributed by atoms with Crippen LogP contribution in [0.15, 0.2) is 61.7 Å². The zero-order valence-electron chi connectivity index (χ0n) is 22.8. The van der Waals surface area contributed by atoms with Gasteiger partial charge in [0.15, 0.2) is 12.2 Å². The fourth-order valence-electron chi connectivity index (χ4n) is 4.88. The van der Waals surface area contributed by atoms with Gasteiger partial charge in [-0.05, 0) is 36.8 Å². The van der Waals surface area contributed by atoms with E-state index < -0.39 is 18.0 Å². The second-order valence-corrected chi connectivity index (χ2v) is 10.8. The summed E-state index contributed by atoms with van der Waals surface area (Å²) in [5, 5.41) is 0.206. The molecule has 1 amide bonds. The fourth-order valence-corrected chi connectivity index (χ4v) is 5.56. The molecule has 0 saturated carbocycles. The molecule has 41 heavy (non-hydrogen) atoms. The zero-order valence-corrected chi connectivity index (χ0v) is 24.3. The minimum Gasteiger partial charge on any atom is -0.484 e. The Kier molecular flexibility index (Phi) is 9.86. The van der Waals surface area contributed by atoms with Crippen molar-refractivity contribution in [3.05, 3.63) is 94.4 Å². The number of ether oxygens (including phenoxy) is 1. The number of benzene rings is 2. The van der Waals surface area contributed by atoms with Crippen molar-refractivity contribution in [2.45, 2.75) is 44.4 Å². The molecule has 5 N–H and O–H groups in total. The van der Waals surface area contributed by atoms with Gasteiger partial charge in [0.1, 0.15) is 24.4 Å². The van der Waals surface area contributed by atoms with E-state index in [2.05, 4.69) is 23.3 Å². The number of amides is 1. The summed E-state index contributed by atoms with van der Waals surface area (Å²) in [6.45, 7) is 11.1. The second-order valence-electron chi connectivity index (χ2n) is 10.0. The molecule has 2 aromatic carbocycles. The lowest BCUT2D eigenvalue weighted by Crippen LogP contribution is -2.49. The molecule has 4 rings (SSSR count). The van der Waals surface area contributed by atoms with Crippen molar-refractivity contribution >= 4 is 47.1 Å². The molecular weight excluding hydrogens is 566 g/mol. The second kappa shape index (κ2) is 13.3. The summed E-state index contributed by atoms with van der Waals surface area (Å²) in [4.78, 5) is 21.6. The molecule has 1 aliphatic heterocycles. The van der Waals surface area contributed by atoms with Crippen LogP contribution in [0.4, 0.5) is 10.1 Å². The van der Waals surface area contributed by atoms with E-state index in [4.69, 9.17) is 39.4 Å². The zero-order chi connectivity index (χ0) is 29.7. The lowest BCUT2D eigenvalue weighted by atomic mass is 10.0. The van der Waals surface area contributed by atoms with Crippen molar-refractivity contribution in [2.24, 2.45) is 5.73 Å². The van der Waals surface area contributed by atoms with Crippen LogP contribution in [0.3, 0.4) is 0 Å². The third kappa shape index (κ3) is 7.16. The minimum atomic E-state index is -0.663. The van der Waals surface area contributed by atoms with Crippen molar-refractivity contribution in [1.29, 1.82) is 0 Å². The normalized spacial score (nSPS) is 15.8. The smallest absolute Gasteiger partial charge is 0.239 e. The Morgan fingerprint density at radius 3 is 2.71 bits per heavy atom. The summed E-state index contributed by atoms with van der Waals surface area (Å²) in [6.07, 6.45) is 8.14. The van der Waals surface area contributed by atoms with E-state index in [0.717, 1.165) is 29.7 Å². The predicted molar refractivity (Wildman–Crippen MR) is 162 cm³/mol. The van der Waals surface area contributed by atoms with Crippen LogP contribution < -0.4 is 16.2 Å². The minimum absolute atomic E-state index is 0.0690. The molecule has 3 aromatic rings. The van der Waals surface area contributed by atoms with Crippen LogP contribution in [0, 0.1) is 5.82 Å². The Hall–Kier alpha value is -3.66. The van der Waals surface area contributed by atoms with Crippen molar-refractivity contribution in [2.75, 3.05) is 18.8 Å². The number of hydrogen-bond donors (Lipinski definition) is 3.